The smallest absolute Gasteiger partial charge is 0.358 e. The van der Waals surface area contributed by atoms with E-state index in [4.69, 9.17) is 4.74 Å². The van der Waals surface area contributed by atoms with Gasteiger partial charge in [-0.25, -0.2) is 22.9 Å². The summed E-state index contributed by atoms with van der Waals surface area (Å²) in [6.45, 7) is 3.26. The van der Waals surface area contributed by atoms with Crippen LogP contribution < -0.4 is 10.0 Å². The summed E-state index contributed by atoms with van der Waals surface area (Å²) in [6, 6.07) is 0. The Kier molecular flexibility index (Phi) is 6.24. The molecule has 0 aliphatic heterocycles. The van der Waals surface area contributed by atoms with E-state index in [2.05, 4.69) is 15.0 Å². The van der Waals surface area contributed by atoms with Crippen molar-refractivity contribution >= 4 is 38.2 Å². The van der Waals surface area contributed by atoms with Gasteiger partial charge >= 0.3 is 5.97 Å². The Hall–Kier alpha value is -1.52. The van der Waals surface area contributed by atoms with Crippen molar-refractivity contribution < 1.29 is 22.7 Å². The molecule has 1 aromatic rings. The second-order valence-electron chi connectivity index (χ2n) is 3.92. The Balaban J connectivity index is 2.83. The predicted molar refractivity (Wildman–Crippen MR) is 79.4 cm³/mol. The van der Waals surface area contributed by atoms with Gasteiger partial charge in [-0.15, -0.1) is 0 Å². The summed E-state index contributed by atoms with van der Waals surface area (Å²) in [5.74, 6) is -1.12. The van der Waals surface area contributed by atoms with Gasteiger partial charge in [0, 0.05) is 13.5 Å². The molecule has 0 fully saturated rings. The highest BCUT2D eigenvalue weighted by molar-refractivity contribution is 7.89. The van der Waals surface area contributed by atoms with Gasteiger partial charge in [0.05, 0.1) is 12.4 Å². The molecule has 21 heavy (non-hydrogen) atoms. The number of carbonyl (C=O) groups is 2. The number of nitrogens with one attached hydrogen (secondary N) is 2. The zero-order valence-corrected chi connectivity index (χ0v) is 13.6. The van der Waals surface area contributed by atoms with E-state index in [0.29, 0.717) is 5.13 Å². The van der Waals surface area contributed by atoms with Gasteiger partial charge in [0.2, 0.25) is 10.0 Å². The zero-order chi connectivity index (χ0) is 16.0. The second-order valence-corrected chi connectivity index (χ2v) is 6.97. The first-order valence-electron chi connectivity index (χ1n) is 6.14. The summed E-state index contributed by atoms with van der Waals surface area (Å²) >= 11 is 0.992. The molecule has 10 heteroatoms. The van der Waals surface area contributed by atoms with E-state index in [1.54, 1.807) is 6.92 Å². The zero-order valence-electron chi connectivity index (χ0n) is 11.9. The third kappa shape index (κ3) is 5.06. The molecule has 118 valence electrons. The van der Waals surface area contributed by atoms with Crippen molar-refractivity contribution in [1.82, 2.24) is 9.71 Å². The lowest BCUT2D eigenvalue weighted by Crippen LogP contribution is -2.26. The topological polar surface area (TPSA) is 114 Å². The number of carbonyl (C=O) groups excluding carboxylic acids is 2. The van der Waals surface area contributed by atoms with Crippen LogP contribution in [0.3, 0.4) is 0 Å². The van der Waals surface area contributed by atoms with Gasteiger partial charge in [-0.05, 0) is 14.0 Å². The molecule has 0 aromatic carbocycles. The molecule has 8 nitrogen and oxygen atoms in total. The van der Waals surface area contributed by atoms with E-state index < -0.39 is 16.0 Å². The molecule has 0 saturated carbocycles. The van der Waals surface area contributed by atoms with Crippen molar-refractivity contribution in [1.29, 1.82) is 0 Å². The van der Waals surface area contributed by atoms with Crippen LogP contribution in [-0.2, 0) is 14.8 Å². The maximum Gasteiger partial charge on any atom is 0.358 e. The van der Waals surface area contributed by atoms with Crippen molar-refractivity contribution in [2.45, 2.75) is 13.8 Å². The van der Waals surface area contributed by atoms with E-state index in [-0.39, 0.29) is 35.3 Å². The molecule has 0 atom stereocenters. The van der Waals surface area contributed by atoms with E-state index in [1.165, 1.54) is 14.0 Å². The number of esters is 1. The standard InChI is InChI=1S/C11H17N3O5S2/c1-4-19-10(16)8-9(7(2)15)20-11(14-8)13-5-6-21(17,18)12-3/h12H,4-6H2,1-3H3,(H,13,14). The SMILES string of the molecule is CCOC(=O)c1nc(NCCS(=O)(=O)NC)sc1C(C)=O. The summed E-state index contributed by atoms with van der Waals surface area (Å²) in [7, 11) is -2.00. The molecular formula is C11H17N3O5S2. The van der Waals surface area contributed by atoms with Crippen LogP contribution >= 0.6 is 11.3 Å². The number of aromatic nitrogens is 1. The van der Waals surface area contributed by atoms with Crippen LogP contribution in [0.1, 0.15) is 34.0 Å². The molecule has 2 N–H and O–H groups in total. The first-order valence-corrected chi connectivity index (χ1v) is 8.61. The number of ether oxygens (including phenoxy) is 1. The number of nitrogens with zero attached hydrogens (tertiary/aromatic N) is 1. The molecule has 1 aromatic heterocycles. The molecule has 0 aliphatic rings. The monoisotopic (exact) mass is 335 g/mol. The van der Waals surface area contributed by atoms with Crippen LogP contribution in [0.25, 0.3) is 0 Å². The average Bonchev–Trinajstić information content (AvgIpc) is 2.83. The Morgan fingerprint density at radius 2 is 2.05 bits per heavy atom. The molecule has 0 bridgehead atoms. The number of hydrogen-bond donors (Lipinski definition) is 2. The minimum absolute atomic E-state index is 0.0478. The Morgan fingerprint density at radius 1 is 1.38 bits per heavy atom. The van der Waals surface area contributed by atoms with E-state index in [1.807, 2.05) is 0 Å². The number of ketones is 1. The molecule has 0 unspecified atom stereocenters. The maximum atomic E-state index is 11.7. The summed E-state index contributed by atoms with van der Waals surface area (Å²) in [5, 5.41) is 3.08. The fourth-order valence-corrected chi connectivity index (χ4v) is 2.82. The number of thiazole rings is 1. The minimum atomic E-state index is -3.33. The minimum Gasteiger partial charge on any atom is -0.461 e. The summed E-state index contributed by atoms with van der Waals surface area (Å²) in [6.07, 6.45) is 0. The molecule has 0 saturated heterocycles. The summed E-state index contributed by atoms with van der Waals surface area (Å²) < 4.78 is 29.5. The largest absolute Gasteiger partial charge is 0.461 e. The van der Waals surface area contributed by atoms with Crippen LogP contribution in [-0.4, -0.2) is 51.1 Å². The van der Waals surface area contributed by atoms with Crippen LogP contribution in [0.4, 0.5) is 5.13 Å². The predicted octanol–water partition coefficient (Wildman–Crippen LogP) is 0.483. The summed E-state index contributed by atoms with van der Waals surface area (Å²) in [4.78, 5) is 27.4. The third-order valence-corrected chi connectivity index (χ3v) is 4.85. The van der Waals surface area contributed by atoms with Gasteiger partial charge in [0.15, 0.2) is 16.6 Å². The number of anilines is 1. The van der Waals surface area contributed by atoms with Gasteiger partial charge in [0.25, 0.3) is 0 Å². The number of hydrogen-bond acceptors (Lipinski definition) is 8. The molecule has 0 radical (unpaired) electrons. The van der Waals surface area contributed by atoms with E-state index in [9.17, 15) is 18.0 Å². The van der Waals surface area contributed by atoms with Crippen LogP contribution in [0.15, 0.2) is 0 Å². The third-order valence-electron chi connectivity index (χ3n) is 2.37. The van der Waals surface area contributed by atoms with Crippen molar-refractivity contribution in [3.05, 3.63) is 10.6 Å². The Labute approximate surface area is 127 Å². The van der Waals surface area contributed by atoms with Crippen LogP contribution in [0.2, 0.25) is 0 Å². The van der Waals surface area contributed by atoms with Gasteiger partial charge < -0.3 is 10.1 Å². The maximum absolute atomic E-state index is 11.7. The first-order chi connectivity index (χ1) is 9.80. The molecule has 0 aliphatic carbocycles. The van der Waals surface area contributed by atoms with Crippen molar-refractivity contribution in [3.8, 4) is 0 Å². The lowest BCUT2D eigenvalue weighted by atomic mass is 10.3. The molecular weight excluding hydrogens is 318 g/mol. The Morgan fingerprint density at radius 3 is 2.57 bits per heavy atom. The van der Waals surface area contributed by atoms with Gasteiger partial charge in [-0.3, -0.25) is 4.79 Å². The highest BCUT2D eigenvalue weighted by Crippen LogP contribution is 2.24. The van der Waals surface area contributed by atoms with Gasteiger partial charge in [-0.1, -0.05) is 11.3 Å². The van der Waals surface area contributed by atoms with E-state index in [0.717, 1.165) is 11.3 Å². The number of sulfonamides is 1. The van der Waals surface area contributed by atoms with Crippen LogP contribution in [0, 0.1) is 0 Å². The van der Waals surface area contributed by atoms with Crippen LogP contribution in [0.5, 0.6) is 0 Å². The summed E-state index contributed by atoms with van der Waals surface area (Å²) in [5.41, 5.74) is -0.0478. The lowest BCUT2D eigenvalue weighted by Gasteiger charge is -2.02. The number of rotatable bonds is 8. The average molecular weight is 335 g/mol. The molecule has 1 heterocycles. The van der Waals surface area contributed by atoms with Crippen molar-refractivity contribution in [2.75, 3.05) is 31.3 Å². The normalized spacial score (nSPS) is 11.2. The van der Waals surface area contributed by atoms with Gasteiger partial charge in [-0.2, -0.15) is 0 Å². The fourth-order valence-electron chi connectivity index (χ4n) is 1.37. The fraction of sp³-hybridized carbons (Fsp3) is 0.545. The van der Waals surface area contributed by atoms with E-state index >= 15 is 0 Å². The molecule has 0 spiro atoms. The van der Waals surface area contributed by atoms with Gasteiger partial charge in [0.1, 0.15) is 4.88 Å². The second kappa shape index (κ2) is 7.48. The molecule has 1 rings (SSSR count). The first kappa shape index (κ1) is 17.5. The molecule has 0 amide bonds. The number of Topliss-reactive ketones (excluding diaryl/α,β-unsaturated/α-hetero) is 1. The quantitative estimate of drug-likeness (QED) is 0.524. The van der Waals surface area contributed by atoms with Crippen molar-refractivity contribution in [3.63, 3.8) is 0 Å². The highest BCUT2D eigenvalue weighted by atomic mass is 32.2. The van der Waals surface area contributed by atoms with Crippen molar-refractivity contribution in [2.24, 2.45) is 0 Å². The Bertz CT molecular complexity index is 624. The highest BCUT2D eigenvalue weighted by Gasteiger charge is 2.22. The lowest BCUT2D eigenvalue weighted by molar-refractivity contribution is 0.0517.